The van der Waals surface area contributed by atoms with E-state index in [4.69, 9.17) is 12.2 Å². The van der Waals surface area contributed by atoms with Crippen LogP contribution in [0.15, 0.2) is 54.6 Å². The van der Waals surface area contributed by atoms with E-state index in [2.05, 4.69) is 52.9 Å². The van der Waals surface area contributed by atoms with Crippen LogP contribution in [0, 0.1) is 0 Å². The van der Waals surface area contributed by atoms with Crippen molar-refractivity contribution in [2.75, 3.05) is 11.9 Å². The van der Waals surface area contributed by atoms with Crippen LogP contribution in [0.2, 0.25) is 0 Å². The number of nitrogens with zero attached hydrogens (tertiary/aromatic N) is 1. The fourth-order valence-electron chi connectivity index (χ4n) is 2.21. The molecule has 0 aliphatic rings. The van der Waals surface area contributed by atoms with Crippen LogP contribution >= 0.6 is 23.6 Å². The second kappa shape index (κ2) is 6.85. The lowest BCUT2D eigenvalue weighted by atomic mass is 10.0. The molecule has 0 unspecified atom stereocenters. The van der Waals surface area contributed by atoms with Crippen molar-refractivity contribution in [2.45, 2.75) is 12.8 Å². The summed E-state index contributed by atoms with van der Waals surface area (Å²) in [5, 5.41) is 7.86. The first-order chi connectivity index (χ1) is 10.7. The molecule has 22 heavy (non-hydrogen) atoms. The number of nitrogens with one attached hydrogen (secondary N) is 2. The summed E-state index contributed by atoms with van der Waals surface area (Å²) in [6, 6.07) is 18.5. The maximum Gasteiger partial charge on any atom is 0.190 e. The van der Waals surface area contributed by atoms with Crippen LogP contribution in [0.25, 0.3) is 10.2 Å². The van der Waals surface area contributed by atoms with Crippen LogP contribution < -0.4 is 10.6 Å². The number of fused-ring (bicyclic) bond motifs is 1. The van der Waals surface area contributed by atoms with Gasteiger partial charge < -0.3 is 10.6 Å². The topological polar surface area (TPSA) is 37.0 Å². The molecule has 3 aromatic rings. The summed E-state index contributed by atoms with van der Waals surface area (Å²) in [5.41, 5.74) is 2.30. The Kier molecular flexibility index (Phi) is 4.65. The monoisotopic (exact) mass is 327 g/mol. The van der Waals surface area contributed by atoms with Gasteiger partial charge in [-0.25, -0.2) is 4.98 Å². The van der Waals surface area contributed by atoms with Gasteiger partial charge in [-0.15, -0.1) is 0 Å². The van der Waals surface area contributed by atoms with E-state index in [1.807, 2.05) is 24.3 Å². The van der Waals surface area contributed by atoms with E-state index >= 15 is 0 Å². The number of benzene rings is 2. The number of thiazole rings is 1. The van der Waals surface area contributed by atoms with Crippen molar-refractivity contribution in [3.63, 3.8) is 0 Å². The zero-order chi connectivity index (χ0) is 15.4. The van der Waals surface area contributed by atoms with Gasteiger partial charge in [0, 0.05) is 6.54 Å². The summed E-state index contributed by atoms with van der Waals surface area (Å²) in [6.45, 7) is 2.98. The molecule has 2 aromatic carbocycles. The van der Waals surface area contributed by atoms with Crippen molar-refractivity contribution in [3.8, 4) is 0 Å². The fraction of sp³-hybridized carbons (Fsp3) is 0.176. The van der Waals surface area contributed by atoms with E-state index in [1.165, 1.54) is 5.56 Å². The molecule has 0 bridgehead atoms. The molecule has 3 rings (SSSR count). The molecule has 0 radical (unpaired) electrons. The van der Waals surface area contributed by atoms with Crippen LogP contribution in [0.4, 0.5) is 5.13 Å². The Hall–Kier alpha value is -1.98. The summed E-state index contributed by atoms with van der Waals surface area (Å²) in [7, 11) is 0. The lowest BCUT2D eigenvalue weighted by Crippen LogP contribution is -2.31. The fourth-order valence-corrected chi connectivity index (χ4v) is 3.33. The summed E-state index contributed by atoms with van der Waals surface area (Å²) in [6.07, 6.45) is 0. The van der Waals surface area contributed by atoms with Gasteiger partial charge in [-0.2, -0.15) is 0 Å². The lowest BCUT2D eigenvalue weighted by Gasteiger charge is -2.14. The molecular weight excluding hydrogens is 310 g/mol. The summed E-state index contributed by atoms with van der Waals surface area (Å²) >= 11 is 6.96. The van der Waals surface area contributed by atoms with Gasteiger partial charge in [-0.05, 0) is 35.8 Å². The molecular formula is C17H17N3S2. The van der Waals surface area contributed by atoms with Gasteiger partial charge in [-0.1, -0.05) is 60.7 Å². The second-order valence-corrected chi connectivity index (χ2v) is 6.57. The average molecular weight is 327 g/mol. The predicted octanol–water partition coefficient (Wildman–Crippen LogP) is 4.39. The zero-order valence-electron chi connectivity index (χ0n) is 12.2. The number of anilines is 1. The summed E-state index contributed by atoms with van der Waals surface area (Å²) in [4.78, 5) is 4.52. The van der Waals surface area contributed by atoms with Crippen LogP contribution in [-0.2, 0) is 0 Å². The molecule has 0 spiro atoms. The first kappa shape index (κ1) is 14.9. The van der Waals surface area contributed by atoms with Crippen molar-refractivity contribution in [1.29, 1.82) is 0 Å². The molecule has 0 saturated carbocycles. The molecule has 112 valence electrons. The highest BCUT2D eigenvalue weighted by Crippen LogP contribution is 2.25. The quantitative estimate of drug-likeness (QED) is 0.697. The SMILES string of the molecule is C[C@@H](CNC(=S)Nc1nc2ccccc2s1)c1ccccc1. The Morgan fingerprint density at radius 1 is 1.14 bits per heavy atom. The first-order valence-electron chi connectivity index (χ1n) is 7.18. The van der Waals surface area contributed by atoms with Crippen LogP contribution in [0.3, 0.4) is 0 Å². The largest absolute Gasteiger partial charge is 0.362 e. The lowest BCUT2D eigenvalue weighted by molar-refractivity contribution is 0.723. The van der Waals surface area contributed by atoms with Gasteiger partial charge >= 0.3 is 0 Å². The molecule has 1 atom stereocenters. The van der Waals surface area contributed by atoms with Gasteiger partial charge in [0.1, 0.15) is 0 Å². The maximum atomic E-state index is 5.35. The van der Waals surface area contributed by atoms with Crippen molar-refractivity contribution >= 4 is 44.0 Å². The van der Waals surface area contributed by atoms with Crippen molar-refractivity contribution < 1.29 is 0 Å². The smallest absolute Gasteiger partial charge is 0.190 e. The molecule has 0 fully saturated rings. The Balaban J connectivity index is 1.56. The number of hydrogen-bond acceptors (Lipinski definition) is 3. The number of para-hydroxylation sites is 1. The summed E-state index contributed by atoms with van der Waals surface area (Å²) < 4.78 is 1.16. The van der Waals surface area contributed by atoms with E-state index in [0.29, 0.717) is 11.0 Å². The molecule has 0 saturated heterocycles. The minimum atomic E-state index is 0.399. The Morgan fingerprint density at radius 3 is 2.64 bits per heavy atom. The normalized spacial score (nSPS) is 12.0. The van der Waals surface area contributed by atoms with Crippen LogP contribution in [-0.4, -0.2) is 16.6 Å². The second-order valence-electron chi connectivity index (χ2n) is 5.13. The van der Waals surface area contributed by atoms with Gasteiger partial charge in [-0.3, -0.25) is 0 Å². The first-order valence-corrected chi connectivity index (χ1v) is 8.40. The predicted molar refractivity (Wildman–Crippen MR) is 98.7 cm³/mol. The van der Waals surface area contributed by atoms with E-state index in [-0.39, 0.29) is 0 Å². The number of hydrogen-bond donors (Lipinski definition) is 2. The standard InChI is InChI=1S/C17H17N3S2/c1-12(13-7-3-2-4-8-13)11-18-16(21)20-17-19-14-9-5-6-10-15(14)22-17/h2-10,12H,11H2,1H3,(H2,18,19,20,21)/t12-/m0/s1. The third-order valence-electron chi connectivity index (χ3n) is 3.45. The van der Waals surface area contributed by atoms with Gasteiger partial charge in [0.25, 0.3) is 0 Å². The molecule has 0 aliphatic heterocycles. The molecule has 0 aliphatic carbocycles. The molecule has 0 amide bonds. The van der Waals surface area contributed by atoms with E-state index in [9.17, 15) is 0 Å². The van der Waals surface area contributed by atoms with Crippen molar-refractivity contribution in [1.82, 2.24) is 10.3 Å². The molecule has 3 nitrogen and oxygen atoms in total. The molecule has 1 heterocycles. The number of rotatable bonds is 4. The number of thiocarbonyl (C=S) groups is 1. The maximum absolute atomic E-state index is 5.35. The highest BCUT2D eigenvalue weighted by Gasteiger charge is 2.07. The minimum absolute atomic E-state index is 0.399. The third-order valence-corrected chi connectivity index (χ3v) is 4.65. The Morgan fingerprint density at radius 2 is 1.86 bits per heavy atom. The van der Waals surface area contributed by atoms with E-state index < -0.39 is 0 Å². The number of aromatic nitrogens is 1. The van der Waals surface area contributed by atoms with Gasteiger partial charge in [0.05, 0.1) is 10.2 Å². The Bertz CT molecular complexity index is 735. The molecule has 2 N–H and O–H groups in total. The van der Waals surface area contributed by atoms with Crippen LogP contribution in [0.1, 0.15) is 18.4 Å². The van der Waals surface area contributed by atoms with Gasteiger partial charge in [0.15, 0.2) is 10.2 Å². The van der Waals surface area contributed by atoms with E-state index in [0.717, 1.165) is 21.9 Å². The highest BCUT2D eigenvalue weighted by atomic mass is 32.1. The Labute approximate surface area is 139 Å². The highest BCUT2D eigenvalue weighted by molar-refractivity contribution is 7.80. The average Bonchev–Trinajstić information content (AvgIpc) is 2.95. The van der Waals surface area contributed by atoms with Gasteiger partial charge in [0.2, 0.25) is 0 Å². The van der Waals surface area contributed by atoms with Crippen molar-refractivity contribution in [3.05, 3.63) is 60.2 Å². The minimum Gasteiger partial charge on any atom is -0.362 e. The molecule has 5 heteroatoms. The zero-order valence-corrected chi connectivity index (χ0v) is 13.9. The summed E-state index contributed by atoms with van der Waals surface area (Å²) in [5.74, 6) is 0.399. The molecule has 1 aromatic heterocycles. The third kappa shape index (κ3) is 3.61. The van der Waals surface area contributed by atoms with Crippen LogP contribution in [0.5, 0.6) is 0 Å². The van der Waals surface area contributed by atoms with Crippen molar-refractivity contribution in [2.24, 2.45) is 0 Å². The van der Waals surface area contributed by atoms with E-state index in [1.54, 1.807) is 11.3 Å².